The fourth-order valence-corrected chi connectivity index (χ4v) is 1.96. The van der Waals surface area contributed by atoms with E-state index >= 15 is 0 Å². The maximum Gasteiger partial charge on any atom is 0.227 e. The molecule has 13 heavy (non-hydrogen) atoms. The standard InChI is InChI=1S/C10H10BrNO/c1-12-6-8-4-9(11)3-2-7(8)5-10(12)13/h2-4H,5-6H2,1H3. The van der Waals surface area contributed by atoms with E-state index in [-0.39, 0.29) is 5.91 Å². The smallest absolute Gasteiger partial charge is 0.227 e. The summed E-state index contributed by atoms with van der Waals surface area (Å²) < 4.78 is 1.08. The average Bonchev–Trinajstić information content (AvgIpc) is 2.08. The molecule has 3 heteroatoms. The number of likely N-dealkylation sites (N-methyl/N-ethyl adjacent to an activating group) is 1. The van der Waals surface area contributed by atoms with Crippen LogP contribution in [0.1, 0.15) is 11.1 Å². The Bertz CT molecular complexity index is 362. The molecule has 0 aliphatic carbocycles. The number of hydrogen-bond donors (Lipinski definition) is 0. The van der Waals surface area contributed by atoms with Crippen molar-refractivity contribution in [2.75, 3.05) is 7.05 Å². The van der Waals surface area contributed by atoms with Gasteiger partial charge in [0.05, 0.1) is 6.42 Å². The first-order valence-corrected chi connectivity index (χ1v) is 4.97. The molecule has 0 fully saturated rings. The number of halogens is 1. The normalized spacial score (nSPS) is 15.8. The molecule has 0 saturated carbocycles. The van der Waals surface area contributed by atoms with Gasteiger partial charge in [-0.25, -0.2) is 0 Å². The van der Waals surface area contributed by atoms with Gasteiger partial charge in [-0.3, -0.25) is 4.79 Å². The van der Waals surface area contributed by atoms with E-state index in [4.69, 9.17) is 0 Å². The number of benzene rings is 1. The Balaban J connectivity index is 2.42. The molecular formula is C10H10BrNO. The number of amides is 1. The lowest BCUT2D eigenvalue weighted by Crippen LogP contribution is -2.32. The van der Waals surface area contributed by atoms with Gasteiger partial charge in [-0.15, -0.1) is 0 Å². The first-order valence-electron chi connectivity index (χ1n) is 4.18. The zero-order valence-corrected chi connectivity index (χ0v) is 8.97. The minimum atomic E-state index is 0.204. The van der Waals surface area contributed by atoms with E-state index in [1.807, 2.05) is 19.2 Å². The quantitative estimate of drug-likeness (QED) is 0.678. The van der Waals surface area contributed by atoms with Crippen molar-refractivity contribution >= 4 is 21.8 Å². The SMILES string of the molecule is CN1Cc2cc(Br)ccc2CC1=O. The second-order valence-electron chi connectivity index (χ2n) is 3.34. The minimum absolute atomic E-state index is 0.204. The first kappa shape index (κ1) is 8.75. The van der Waals surface area contributed by atoms with Crippen molar-refractivity contribution in [1.29, 1.82) is 0 Å². The molecule has 1 aliphatic heterocycles. The molecule has 0 bridgehead atoms. The van der Waals surface area contributed by atoms with Gasteiger partial charge >= 0.3 is 0 Å². The summed E-state index contributed by atoms with van der Waals surface area (Å²) in [5, 5.41) is 0. The topological polar surface area (TPSA) is 20.3 Å². The highest BCUT2D eigenvalue weighted by molar-refractivity contribution is 9.10. The molecule has 0 atom stereocenters. The van der Waals surface area contributed by atoms with Crippen LogP contribution in [0.3, 0.4) is 0 Å². The van der Waals surface area contributed by atoms with Gasteiger partial charge in [0.15, 0.2) is 0 Å². The Morgan fingerprint density at radius 1 is 1.38 bits per heavy atom. The van der Waals surface area contributed by atoms with Crippen LogP contribution in [-0.2, 0) is 17.8 Å². The van der Waals surface area contributed by atoms with E-state index in [9.17, 15) is 4.79 Å². The highest BCUT2D eigenvalue weighted by Gasteiger charge is 2.19. The molecule has 2 rings (SSSR count). The van der Waals surface area contributed by atoms with Crippen LogP contribution in [0.4, 0.5) is 0 Å². The van der Waals surface area contributed by atoms with Gasteiger partial charge < -0.3 is 4.90 Å². The first-order chi connectivity index (χ1) is 6.16. The third-order valence-corrected chi connectivity index (χ3v) is 2.84. The number of nitrogens with zero attached hydrogens (tertiary/aromatic N) is 1. The van der Waals surface area contributed by atoms with E-state index in [2.05, 4.69) is 22.0 Å². The van der Waals surface area contributed by atoms with Gasteiger partial charge in [0.2, 0.25) is 5.91 Å². The highest BCUT2D eigenvalue weighted by atomic mass is 79.9. The lowest BCUT2D eigenvalue weighted by atomic mass is 10.00. The van der Waals surface area contributed by atoms with Crippen LogP contribution >= 0.6 is 15.9 Å². The Kier molecular flexibility index (Phi) is 2.12. The van der Waals surface area contributed by atoms with Crippen molar-refractivity contribution < 1.29 is 4.79 Å². The van der Waals surface area contributed by atoms with Gasteiger partial charge in [-0.1, -0.05) is 22.0 Å². The lowest BCUT2D eigenvalue weighted by Gasteiger charge is -2.24. The predicted octanol–water partition coefficient (Wildman–Crippen LogP) is 1.96. The molecule has 0 N–H and O–H groups in total. The summed E-state index contributed by atoms with van der Waals surface area (Å²) in [7, 11) is 1.84. The van der Waals surface area contributed by atoms with Crippen molar-refractivity contribution in [3.05, 3.63) is 33.8 Å². The Hall–Kier alpha value is -0.830. The highest BCUT2D eigenvalue weighted by Crippen LogP contribution is 2.22. The second-order valence-corrected chi connectivity index (χ2v) is 4.26. The minimum Gasteiger partial charge on any atom is -0.341 e. The van der Waals surface area contributed by atoms with Crippen molar-refractivity contribution in [2.24, 2.45) is 0 Å². The summed E-state index contributed by atoms with van der Waals surface area (Å²) in [6.07, 6.45) is 0.541. The average molecular weight is 240 g/mol. The van der Waals surface area contributed by atoms with Crippen LogP contribution in [0.5, 0.6) is 0 Å². The molecule has 2 nitrogen and oxygen atoms in total. The summed E-state index contributed by atoms with van der Waals surface area (Å²) in [4.78, 5) is 13.1. The number of carbonyl (C=O) groups is 1. The van der Waals surface area contributed by atoms with Crippen LogP contribution < -0.4 is 0 Å². The van der Waals surface area contributed by atoms with E-state index in [0.29, 0.717) is 6.42 Å². The summed E-state index contributed by atoms with van der Waals surface area (Å²) in [6.45, 7) is 0.730. The summed E-state index contributed by atoms with van der Waals surface area (Å²) in [5.41, 5.74) is 2.41. The van der Waals surface area contributed by atoms with Crippen LogP contribution in [0.2, 0.25) is 0 Å². The fourth-order valence-electron chi connectivity index (χ4n) is 1.56. The monoisotopic (exact) mass is 239 g/mol. The molecular weight excluding hydrogens is 230 g/mol. The van der Waals surface area contributed by atoms with Crippen molar-refractivity contribution in [2.45, 2.75) is 13.0 Å². The molecule has 68 valence electrons. The Morgan fingerprint density at radius 3 is 2.92 bits per heavy atom. The Labute approximate surface area is 85.7 Å². The van der Waals surface area contributed by atoms with Gasteiger partial charge in [-0.05, 0) is 23.3 Å². The molecule has 1 heterocycles. The molecule has 0 spiro atoms. The van der Waals surface area contributed by atoms with Gasteiger partial charge in [-0.2, -0.15) is 0 Å². The second kappa shape index (κ2) is 3.14. The van der Waals surface area contributed by atoms with Crippen LogP contribution in [0.15, 0.2) is 22.7 Å². The zero-order chi connectivity index (χ0) is 9.42. The third kappa shape index (κ3) is 1.61. The van der Waals surface area contributed by atoms with E-state index in [1.165, 1.54) is 5.56 Å². The van der Waals surface area contributed by atoms with Gasteiger partial charge in [0.25, 0.3) is 0 Å². The summed E-state index contributed by atoms with van der Waals surface area (Å²) in [5.74, 6) is 0.204. The van der Waals surface area contributed by atoms with E-state index < -0.39 is 0 Å². The maximum atomic E-state index is 11.4. The van der Waals surface area contributed by atoms with Crippen LogP contribution in [0, 0.1) is 0 Å². The summed E-state index contributed by atoms with van der Waals surface area (Å²) in [6, 6.07) is 6.08. The third-order valence-electron chi connectivity index (χ3n) is 2.34. The van der Waals surface area contributed by atoms with Gasteiger partial charge in [0, 0.05) is 18.1 Å². The largest absolute Gasteiger partial charge is 0.341 e. The maximum absolute atomic E-state index is 11.4. The Morgan fingerprint density at radius 2 is 2.15 bits per heavy atom. The van der Waals surface area contributed by atoms with E-state index in [1.54, 1.807) is 4.90 Å². The van der Waals surface area contributed by atoms with Crippen LogP contribution in [0.25, 0.3) is 0 Å². The van der Waals surface area contributed by atoms with Crippen molar-refractivity contribution in [3.8, 4) is 0 Å². The van der Waals surface area contributed by atoms with Crippen LogP contribution in [-0.4, -0.2) is 17.9 Å². The fraction of sp³-hybridized carbons (Fsp3) is 0.300. The van der Waals surface area contributed by atoms with Crippen molar-refractivity contribution in [1.82, 2.24) is 4.90 Å². The molecule has 0 aromatic heterocycles. The number of hydrogen-bond acceptors (Lipinski definition) is 1. The molecule has 1 aromatic carbocycles. The number of rotatable bonds is 0. The molecule has 1 aliphatic rings. The molecule has 0 radical (unpaired) electrons. The van der Waals surface area contributed by atoms with Crippen molar-refractivity contribution in [3.63, 3.8) is 0 Å². The number of carbonyl (C=O) groups excluding carboxylic acids is 1. The molecule has 1 amide bonds. The zero-order valence-electron chi connectivity index (χ0n) is 7.38. The summed E-state index contributed by atoms with van der Waals surface area (Å²) >= 11 is 3.42. The van der Waals surface area contributed by atoms with Gasteiger partial charge in [0.1, 0.15) is 0 Å². The molecule has 0 saturated heterocycles. The van der Waals surface area contributed by atoms with E-state index in [0.717, 1.165) is 16.6 Å². The lowest BCUT2D eigenvalue weighted by molar-refractivity contribution is -0.130. The molecule has 1 aromatic rings. The molecule has 0 unspecified atom stereocenters. The number of fused-ring (bicyclic) bond motifs is 1. The predicted molar refractivity (Wildman–Crippen MR) is 54.3 cm³/mol.